The highest BCUT2D eigenvalue weighted by atomic mass is 16.8. The molecule has 9 aromatic rings. The van der Waals surface area contributed by atoms with Crippen molar-refractivity contribution < 1.29 is 105 Å². The van der Waals surface area contributed by atoms with Crippen LogP contribution in [0.3, 0.4) is 0 Å². The highest BCUT2D eigenvalue weighted by Gasteiger charge is 2.59. The molecule has 30 unspecified atom stereocenters. The Kier molecular flexibility index (Phi) is 34.5. The van der Waals surface area contributed by atoms with E-state index in [1.807, 2.05) is 256 Å². The van der Waals surface area contributed by atoms with Crippen LogP contribution in [0.2, 0.25) is 0 Å². The number of ether oxygens (including phenoxy) is 21. The van der Waals surface area contributed by atoms with Gasteiger partial charge in [-0.3, -0.25) is 0 Å². The van der Waals surface area contributed by atoms with Gasteiger partial charge in [-0.25, -0.2) is 0 Å². The van der Waals surface area contributed by atoms with Gasteiger partial charge in [0.15, 0.2) is 37.7 Å². The molecule has 19 aliphatic rings. The van der Waals surface area contributed by atoms with E-state index in [1.54, 1.807) is 0 Å². The molecular formula is C107H130O22. The molecular weight excluding hydrogens is 1640 g/mol. The van der Waals surface area contributed by atoms with E-state index < -0.39 is 178 Å². The van der Waals surface area contributed by atoms with Gasteiger partial charge in [-0.05, 0) is 68.8 Å². The second-order valence-electron chi connectivity index (χ2n) is 35.6. The Balaban J connectivity index is 0.833. The molecule has 0 aliphatic carbocycles. The van der Waals surface area contributed by atoms with Gasteiger partial charge in [-0.15, -0.1) is 0 Å². The number of aliphatic hydroxyl groups excluding tert-OH is 1. The first-order valence-electron chi connectivity index (χ1n) is 46.6. The van der Waals surface area contributed by atoms with E-state index in [9.17, 15) is 5.11 Å². The quantitative estimate of drug-likeness (QED) is 0.0405. The molecule has 0 radical (unpaired) electrons. The smallest absolute Gasteiger partial charge is 0.187 e. The summed E-state index contributed by atoms with van der Waals surface area (Å²) < 4.78 is 156. The molecule has 19 fully saturated rings. The summed E-state index contributed by atoms with van der Waals surface area (Å²) >= 11 is 0. The van der Waals surface area contributed by atoms with Crippen LogP contribution in [0.5, 0.6) is 0 Å². The van der Waals surface area contributed by atoms with Crippen LogP contribution in [0.15, 0.2) is 273 Å². The molecule has 129 heavy (non-hydrogen) atoms. The van der Waals surface area contributed by atoms with E-state index in [-0.39, 0.29) is 77.9 Å². The van der Waals surface area contributed by atoms with Crippen molar-refractivity contribution in [3.8, 4) is 0 Å². The van der Waals surface area contributed by atoms with Crippen LogP contribution in [0, 0.1) is 35.5 Å². The van der Waals surface area contributed by atoms with Gasteiger partial charge in [0.2, 0.25) is 0 Å². The van der Waals surface area contributed by atoms with Crippen LogP contribution in [0.25, 0.3) is 0 Å². The molecule has 19 heterocycles. The van der Waals surface area contributed by atoms with Gasteiger partial charge in [-0.2, -0.15) is 0 Å². The third kappa shape index (κ3) is 24.4. The summed E-state index contributed by atoms with van der Waals surface area (Å²) in [4.78, 5) is 0. The standard InChI is InChI=1S/C107H130O22/c1-9-84-91-71(5)95(114-62-80-48-30-16-31-49-80)105(118-84)128-97-85(10-2)119-107(101(117-65-83-54-36-19-37-55-83)100(97)116-64-82-52-34-18-35-53-82)129-98-86(56-108)120-103(73(7)93(98)112-60-78-44-26-14-27-45-78)127-99-89(68-111-59-77-42-24-13-25-43-77)122-104(74(8)94(99)113-61-79-46-28-15-29-47-79)124-90-69(3)70(4)102(121-87(90)66-109-57-75-38-20-11-21-39-75)125-92-72(6)96(115-63-81-50-32-17-33-51-81)106(126-91)123-88(92)67-110-58-76-40-22-12-23-41-76/h11-55,69-74,84-108H,9-10,56-68H2,1-8H3. The topological polar surface area (TPSA) is 214 Å². The van der Waals surface area contributed by atoms with Crippen LogP contribution in [0.1, 0.15) is 118 Å². The Morgan fingerprint density at radius 2 is 0.419 bits per heavy atom. The second kappa shape index (κ2) is 47.1. The van der Waals surface area contributed by atoms with E-state index >= 15 is 0 Å². The van der Waals surface area contributed by atoms with Crippen LogP contribution < -0.4 is 0 Å². The third-order valence-electron chi connectivity index (χ3n) is 26.5. The monoisotopic (exact) mass is 1770 g/mol. The van der Waals surface area contributed by atoms with E-state index in [1.165, 1.54) is 0 Å². The van der Waals surface area contributed by atoms with Crippen molar-refractivity contribution in [2.45, 2.75) is 275 Å². The minimum Gasteiger partial charge on any atom is -0.394 e. The Bertz CT molecular complexity index is 4660. The molecule has 0 saturated carbocycles. The van der Waals surface area contributed by atoms with Gasteiger partial charge in [0.1, 0.15) is 67.1 Å². The summed E-state index contributed by atoms with van der Waals surface area (Å²) in [7, 11) is 0. The lowest BCUT2D eigenvalue weighted by molar-refractivity contribution is -0.400. The van der Waals surface area contributed by atoms with Gasteiger partial charge < -0.3 is 105 Å². The molecule has 0 spiro atoms. The largest absolute Gasteiger partial charge is 0.394 e. The summed E-state index contributed by atoms with van der Waals surface area (Å²) in [6.45, 7) is 18.5. The predicted octanol–water partition coefficient (Wildman–Crippen LogP) is 17.5. The molecule has 22 nitrogen and oxygen atoms in total. The van der Waals surface area contributed by atoms with Gasteiger partial charge in [0.25, 0.3) is 0 Å². The first-order valence-corrected chi connectivity index (χ1v) is 46.6. The highest BCUT2D eigenvalue weighted by Crippen LogP contribution is 2.47. The molecule has 28 rings (SSSR count). The van der Waals surface area contributed by atoms with Crippen LogP contribution >= 0.6 is 0 Å². The zero-order chi connectivity index (χ0) is 88.8. The molecule has 0 amide bonds. The predicted molar refractivity (Wildman–Crippen MR) is 482 cm³/mol. The SMILES string of the molecule is CCC1OC2OC3C(CC)OC(OC4C(CO)OC(OC5C(COCc6ccccc6)OC(OC6C(COCc7ccccc7)OC(OC7C(COCc8ccccc8)OC(OC1C(C)C2OCc1ccccc1)C(OCc1ccccc1)C7C)C(C)C6C)C(C)C5OCc1ccccc1)C(C)C4OCc1ccccc1)C(OCc1ccccc1)C3OCc1ccccc1. The average molecular weight is 1770 g/mol. The molecule has 1 N–H and O–H groups in total. The number of hydrogen-bond donors (Lipinski definition) is 1. The summed E-state index contributed by atoms with van der Waals surface area (Å²) in [6.07, 6.45) is -20.5. The van der Waals surface area contributed by atoms with E-state index in [4.69, 9.17) is 99.5 Å². The number of hydrogen-bond acceptors (Lipinski definition) is 22. The van der Waals surface area contributed by atoms with Crippen molar-refractivity contribution in [2.24, 2.45) is 35.5 Å². The molecule has 12 bridgehead atoms. The Morgan fingerprint density at radius 3 is 0.760 bits per heavy atom. The maximum atomic E-state index is 12.3. The Labute approximate surface area is 760 Å². The maximum Gasteiger partial charge on any atom is 0.187 e. The lowest BCUT2D eigenvalue weighted by Gasteiger charge is -2.53. The van der Waals surface area contributed by atoms with Gasteiger partial charge in [0, 0.05) is 29.6 Å². The van der Waals surface area contributed by atoms with Crippen LogP contribution in [-0.4, -0.2) is 179 Å². The first kappa shape index (κ1) is 94.3. The lowest BCUT2D eigenvalue weighted by Crippen LogP contribution is -2.67. The summed E-state index contributed by atoms with van der Waals surface area (Å²) in [5, 5.41) is 12.3. The fourth-order valence-corrected chi connectivity index (χ4v) is 19.0. The number of benzene rings is 9. The van der Waals surface area contributed by atoms with Gasteiger partial charge in [0.05, 0.1) is 129 Å². The lowest BCUT2D eigenvalue weighted by atomic mass is 9.83. The van der Waals surface area contributed by atoms with Crippen molar-refractivity contribution in [2.75, 3.05) is 26.4 Å². The maximum absolute atomic E-state index is 12.3. The summed E-state index contributed by atoms with van der Waals surface area (Å²) in [6, 6.07) is 90.6. The van der Waals surface area contributed by atoms with Crippen LogP contribution in [0.4, 0.5) is 0 Å². The number of aliphatic hydroxyl groups is 1. The molecule has 19 saturated heterocycles. The Hall–Kier alpha value is -7.90. The highest BCUT2D eigenvalue weighted by molar-refractivity contribution is 5.21. The minimum atomic E-state index is -1.23. The van der Waals surface area contributed by atoms with E-state index in [0.29, 0.717) is 26.1 Å². The van der Waals surface area contributed by atoms with E-state index in [2.05, 4.69) is 72.7 Å². The second-order valence-corrected chi connectivity index (χ2v) is 35.6. The van der Waals surface area contributed by atoms with Crippen molar-refractivity contribution in [3.63, 3.8) is 0 Å². The fraction of sp³-hybridized carbons (Fsp3) is 0.495. The van der Waals surface area contributed by atoms with Crippen molar-refractivity contribution >= 4 is 0 Å². The third-order valence-corrected chi connectivity index (χ3v) is 26.5. The zero-order valence-corrected chi connectivity index (χ0v) is 75.4. The first-order chi connectivity index (χ1) is 63.3. The van der Waals surface area contributed by atoms with Gasteiger partial charge >= 0.3 is 0 Å². The molecule has 0 aromatic heterocycles. The van der Waals surface area contributed by atoms with Crippen molar-refractivity contribution in [1.82, 2.24) is 0 Å². The minimum absolute atomic E-state index is 0.0291. The fourth-order valence-electron chi connectivity index (χ4n) is 19.0. The average Bonchev–Trinajstić information content (AvgIpc) is 0.754. The van der Waals surface area contributed by atoms with Gasteiger partial charge in [-0.1, -0.05) is 328 Å². The molecule has 690 valence electrons. The summed E-state index contributed by atoms with van der Waals surface area (Å²) in [5.74, 6) is -2.74. The van der Waals surface area contributed by atoms with Crippen molar-refractivity contribution in [3.05, 3.63) is 323 Å². The molecule has 19 aliphatic heterocycles. The summed E-state index contributed by atoms with van der Waals surface area (Å²) in [5.41, 5.74) is 8.53. The Morgan fingerprint density at radius 1 is 0.202 bits per heavy atom. The van der Waals surface area contributed by atoms with Crippen molar-refractivity contribution in [1.29, 1.82) is 0 Å². The molecule has 22 heteroatoms. The normalized spacial score (nSPS) is 33.8. The zero-order valence-electron chi connectivity index (χ0n) is 75.4. The molecule has 9 aromatic carbocycles. The molecule has 30 atom stereocenters. The van der Waals surface area contributed by atoms with E-state index in [0.717, 1.165) is 50.1 Å². The number of rotatable bonds is 33. The van der Waals surface area contributed by atoms with Crippen LogP contribution in [-0.2, 0) is 159 Å².